The van der Waals surface area contributed by atoms with E-state index < -0.39 is 11.9 Å². The number of fused-ring (bicyclic) bond motifs is 4. The zero-order valence-corrected chi connectivity index (χ0v) is 18.9. The highest BCUT2D eigenvalue weighted by Gasteiger charge is 2.41. The molecule has 5 nitrogen and oxygen atoms in total. The molecule has 10 heteroatoms. The first-order valence-corrected chi connectivity index (χ1v) is 12.0. The number of hydrogen-bond donors (Lipinski definition) is 0. The summed E-state index contributed by atoms with van der Waals surface area (Å²) in [5.74, 6) is 0.640. The van der Waals surface area contributed by atoms with Crippen molar-refractivity contribution in [3.63, 3.8) is 0 Å². The summed E-state index contributed by atoms with van der Waals surface area (Å²) in [6, 6.07) is 15.7. The Kier molecular flexibility index (Phi) is 4.89. The number of carbonyl (C=O) groups excluding carboxylic acids is 1. The van der Waals surface area contributed by atoms with E-state index in [-0.39, 0.29) is 17.1 Å². The van der Waals surface area contributed by atoms with Crippen LogP contribution >= 0.6 is 23.1 Å². The zero-order chi connectivity index (χ0) is 23.4. The monoisotopic (exact) mass is 497 g/mol. The van der Waals surface area contributed by atoms with Gasteiger partial charge in [-0.1, -0.05) is 12.1 Å². The zero-order valence-electron chi connectivity index (χ0n) is 17.3. The maximum atomic E-state index is 13.7. The lowest BCUT2D eigenvalue weighted by molar-refractivity contribution is -0.142. The molecular weight excluding hydrogens is 483 g/mol. The number of carbonyl (C=O) groups is 1. The van der Waals surface area contributed by atoms with Crippen LogP contribution in [0.15, 0.2) is 69.6 Å². The number of thiazole rings is 1. The van der Waals surface area contributed by atoms with E-state index in [1.54, 1.807) is 30.3 Å². The van der Waals surface area contributed by atoms with E-state index in [4.69, 9.17) is 4.42 Å². The summed E-state index contributed by atoms with van der Waals surface area (Å²) in [6.45, 7) is 0. The Balaban J connectivity index is 1.34. The number of halogens is 3. The van der Waals surface area contributed by atoms with Gasteiger partial charge < -0.3 is 4.42 Å². The van der Waals surface area contributed by atoms with Crippen molar-refractivity contribution < 1.29 is 22.4 Å². The number of furan rings is 1. The smallest absolute Gasteiger partial charge is 0.435 e. The molecule has 0 saturated carbocycles. The van der Waals surface area contributed by atoms with Crippen molar-refractivity contribution in [2.45, 2.75) is 23.4 Å². The molecule has 6 rings (SSSR count). The van der Waals surface area contributed by atoms with Gasteiger partial charge in [0.2, 0.25) is 5.12 Å². The second-order valence-electron chi connectivity index (χ2n) is 7.73. The van der Waals surface area contributed by atoms with Gasteiger partial charge in [-0.25, -0.2) is 9.67 Å². The molecule has 0 aliphatic heterocycles. The number of nitrogens with zero attached hydrogens (tertiary/aromatic N) is 3. The third-order valence-corrected chi connectivity index (χ3v) is 7.67. The van der Waals surface area contributed by atoms with Crippen molar-refractivity contribution >= 4 is 38.4 Å². The maximum absolute atomic E-state index is 13.7. The van der Waals surface area contributed by atoms with Crippen LogP contribution in [0.25, 0.3) is 27.2 Å². The second-order valence-corrected chi connectivity index (χ2v) is 9.98. The van der Waals surface area contributed by atoms with Crippen LogP contribution in [0, 0.1) is 0 Å². The average molecular weight is 498 g/mol. The summed E-state index contributed by atoms with van der Waals surface area (Å²) >= 11 is 2.47. The van der Waals surface area contributed by atoms with E-state index in [0.717, 1.165) is 22.0 Å². The molecule has 5 aromatic rings. The molecule has 3 aromatic heterocycles. The normalized spacial score (nSPS) is 13.1. The highest BCUT2D eigenvalue weighted by atomic mass is 32.2. The summed E-state index contributed by atoms with van der Waals surface area (Å²) in [6.07, 6.45) is -2.51. The van der Waals surface area contributed by atoms with Gasteiger partial charge in [0.1, 0.15) is 5.76 Å². The van der Waals surface area contributed by atoms with E-state index in [1.165, 1.54) is 22.3 Å². The Morgan fingerprint density at radius 1 is 1.06 bits per heavy atom. The molecule has 0 fully saturated rings. The Morgan fingerprint density at radius 3 is 2.62 bits per heavy atom. The predicted molar refractivity (Wildman–Crippen MR) is 123 cm³/mol. The van der Waals surface area contributed by atoms with E-state index >= 15 is 0 Å². The molecule has 0 spiro atoms. The van der Waals surface area contributed by atoms with Crippen LogP contribution in [0.2, 0.25) is 0 Å². The Morgan fingerprint density at radius 2 is 1.85 bits per heavy atom. The van der Waals surface area contributed by atoms with Crippen LogP contribution in [0.4, 0.5) is 13.2 Å². The van der Waals surface area contributed by atoms with Gasteiger partial charge in [-0.3, -0.25) is 4.79 Å². The Bertz CT molecular complexity index is 1510. The maximum Gasteiger partial charge on any atom is 0.435 e. The van der Waals surface area contributed by atoms with Crippen molar-refractivity contribution in [3.8, 4) is 16.9 Å². The van der Waals surface area contributed by atoms with Gasteiger partial charge in [0.15, 0.2) is 10.0 Å². The number of rotatable bonds is 3. The topological polar surface area (TPSA) is 60.9 Å². The van der Waals surface area contributed by atoms with Gasteiger partial charge in [0, 0.05) is 23.1 Å². The number of benzene rings is 2. The molecule has 1 aliphatic rings. The van der Waals surface area contributed by atoms with Gasteiger partial charge in [-0.15, -0.1) is 11.3 Å². The highest BCUT2D eigenvalue weighted by molar-refractivity contribution is 8.15. The van der Waals surface area contributed by atoms with Crippen LogP contribution in [0.3, 0.4) is 0 Å². The fourth-order valence-electron chi connectivity index (χ4n) is 4.13. The molecule has 3 heterocycles. The minimum atomic E-state index is -4.57. The van der Waals surface area contributed by atoms with Crippen LogP contribution in [-0.4, -0.2) is 19.9 Å². The number of hydrogen-bond acceptors (Lipinski definition) is 6. The van der Waals surface area contributed by atoms with Crippen molar-refractivity contribution in [3.05, 3.63) is 83.4 Å². The van der Waals surface area contributed by atoms with Gasteiger partial charge >= 0.3 is 6.18 Å². The third-order valence-electron chi connectivity index (χ3n) is 5.66. The number of para-hydroxylation sites is 1. The van der Waals surface area contributed by atoms with Gasteiger partial charge in [0.05, 0.1) is 27.9 Å². The van der Waals surface area contributed by atoms with Crippen LogP contribution in [0.5, 0.6) is 0 Å². The SMILES string of the molecule is O=C(Sc1nc2ccccc2s1)c1ccc(-n2nc(C(F)(F)F)c3c2-c2ccoc2CC3)cc1. The van der Waals surface area contributed by atoms with Crippen LogP contribution < -0.4 is 0 Å². The number of aromatic nitrogens is 3. The molecule has 0 bridgehead atoms. The molecule has 1 aliphatic carbocycles. The number of aryl methyl sites for hydroxylation is 1. The lowest BCUT2D eigenvalue weighted by Gasteiger charge is -2.15. The minimum Gasteiger partial charge on any atom is -0.469 e. The van der Waals surface area contributed by atoms with Crippen molar-refractivity contribution in [1.29, 1.82) is 0 Å². The molecule has 2 aromatic carbocycles. The minimum absolute atomic E-state index is 0.160. The van der Waals surface area contributed by atoms with E-state index in [9.17, 15) is 18.0 Å². The summed E-state index contributed by atoms with van der Waals surface area (Å²) in [5.41, 5.74) is 1.95. The van der Waals surface area contributed by atoms with Crippen LogP contribution in [0.1, 0.15) is 27.4 Å². The lowest BCUT2D eigenvalue weighted by Crippen LogP contribution is -2.11. The largest absolute Gasteiger partial charge is 0.469 e. The first kappa shape index (κ1) is 21.2. The van der Waals surface area contributed by atoms with E-state index in [2.05, 4.69) is 10.1 Å². The quantitative estimate of drug-likeness (QED) is 0.257. The van der Waals surface area contributed by atoms with E-state index in [1.807, 2.05) is 24.3 Å². The van der Waals surface area contributed by atoms with Gasteiger partial charge in [0.25, 0.3) is 0 Å². The van der Waals surface area contributed by atoms with E-state index in [0.29, 0.717) is 39.0 Å². The summed E-state index contributed by atoms with van der Waals surface area (Å²) in [5, 5.41) is 3.74. The molecule has 0 saturated heterocycles. The van der Waals surface area contributed by atoms with Gasteiger partial charge in [-0.05, 0) is 60.6 Å². The first-order chi connectivity index (χ1) is 16.4. The number of thioether (sulfide) groups is 1. The van der Waals surface area contributed by atoms with Crippen molar-refractivity contribution in [1.82, 2.24) is 14.8 Å². The lowest BCUT2D eigenvalue weighted by atomic mass is 9.94. The second kappa shape index (κ2) is 7.85. The summed E-state index contributed by atoms with van der Waals surface area (Å²) < 4.78 is 49.5. The molecule has 0 unspecified atom stereocenters. The van der Waals surface area contributed by atoms with Crippen molar-refractivity contribution in [2.24, 2.45) is 0 Å². The first-order valence-electron chi connectivity index (χ1n) is 10.3. The fraction of sp³-hybridized carbons (Fsp3) is 0.125. The molecule has 0 atom stereocenters. The highest BCUT2D eigenvalue weighted by Crippen LogP contribution is 2.42. The Labute approximate surface area is 199 Å². The average Bonchev–Trinajstić information content (AvgIpc) is 3.54. The summed E-state index contributed by atoms with van der Waals surface area (Å²) in [4.78, 5) is 17.2. The number of alkyl halides is 3. The molecule has 0 amide bonds. The molecule has 34 heavy (non-hydrogen) atoms. The van der Waals surface area contributed by atoms with Crippen LogP contribution in [-0.2, 0) is 19.0 Å². The van der Waals surface area contributed by atoms with Crippen molar-refractivity contribution in [2.75, 3.05) is 0 Å². The molecule has 170 valence electrons. The van der Waals surface area contributed by atoms with Gasteiger partial charge in [-0.2, -0.15) is 18.3 Å². The molecule has 0 radical (unpaired) electrons. The molecular formula is C24H14F3N3O2S2. The third kappa shape index (κ3) is 3.54. The standard InChI is InChI=1S/C24H14F3N3O2S2/c25-24(26,27)21-16-9-10-18-15(11-12-32-18)20(16)30(29-21)14-7-5-13(6-8-14)22(31)34-23-28-17-3-1-2-4-19(17)33-23/h1-8,11-12H,9-10H2. The predicted octanol–water partition coefficient (Wildman–Crippen LogP) is 6.79. The Hall–Kier alpha value is -3.37. The molecule has 0 N–H and O–H groups in total. The fourth-order valence-corrected chi connectivity index (χ4v) is 6.05. The summed E-state index contributed by atoms with van der Waals surface area (Å²) in [7, 11) is 0.